The summed E-state index contributed by atoms with van der Waals surface area (Å²) in [7, 11) is 1.67. The molecule has 0 aromatic carbocycles. The van der Waals surface area contributed by atoms with Gasteiger partial charge in [0.15, 0.2) is 11.4 Å². The number of nitriles is 1. The van der Waals surface area contributed by atoms with Crippen LogP contribution in [0.3, 0.4) is 0 Å². The first-order chi connectivity index (χ1) is 6.24. The van der Waals surface area contributed by atoms with Gasteiger partial charge in [-0.25, -0.2) is 0 Å². The predicted octanol–water partition coefficient (Wildman–Crippen LogP) is 1.06. The van der Waals surface area contributed by atoms with Crippen molar-refractivity contribution in [1.29, 1.82) is 5.26 Å². The molecule has 1 atom stereocenters. The third-order valence-corrected chi connectivity index (χ3v) is 1.97. The number of thioether (sulfide) groups is 1. The Morgan fingerprint density at radius 1 is 1.77 bits per heavy atom. The van der Waals surface area contributed by atoms with Crippen LogP contribution < -0.4 is 5.32 Å². The third-order valence-electron chi connectivity index (χ3n) is 1.35. The molecule has 0 aromatic heterocycles. The van der Waals surface area contributed by atoms with E-state index in [4.69, 9.17) is 10.00 Å². The summed E-state index contributed by atoms with van der Waals surface area (Å²) < 4.78 is 4.97. The number of nitrogens with zero attached hydrogens (tertiary/aromatic N) is 2. The molecule has 0 bridgehead atoms. The average Bonchev–Trinajstić information content (AvgIpc) is 2.12. The molecule has 1 unspecified atom stereocenters. The Kier molecular flexibility index (Phi) is 7.45. The summed E-state index contributed by atoms with van der Waals surface area (Å²) >= 11 is 1.43. The zero-order chi connectivity index (χ0) is 10.1. The van der Waals surface area contributed by atoms with E-state index in [1.807, 2.05) is 12.4 Å². The van der Waals surface area contributed by atoms with Gasteiger partial charge in [0, 0.05) is 13.7 Å². The summed E-state index contributed by atoms with van der Waals surface area (Å²) in [5.41, 5.74) is 0. The molecule has 0 heterocycles. The van der Waals surface area contributed by atoms with Gasteiger partial charge < -0.3 is 4.74 Å². The van der Waals surface area contributed by atoms with Crippen molar-refractivity contribution in [2.45, 2.75) is 6.92 Å². The first-order valence-electron chi connectivity index (χ1n) is 3.97. The largest absolute Gasteiger partial charge is 0.384 e. The van der Waals surface area contributed by atoms with Crippen LogP contribution in [0.1, 0.15) is 6.92 Å². The van der Waals surface area contributed by atoms with E-state index in [0.29, 0.717) is 24.2 Å². The number of aliphatic imine (C=N–C) groups is 1. The van der Waals surface area contributed by atoms with Crippen molar-refractivity contribution in [3.63, 3.8) is 0 Å². The van der Waals surface area contributed by atoms with Gasteiger partial charge in [0.1, 0.15) is 0 Å². The van der Waals surface area contributed by atoms with Crippen molar-refractivity contribution >= 4 is 16.9 Å². The van der Waals surface area contributed by atoms with Crippen LogP contribution in [0.15, 0.2) is 4.99 Å². The van der Waals surface area contributed by atoms with E-state index >= 15 is 0 Å². The van der Waals surface area contributed by atoms with Gasteiger partial charge in [-0.3, -0.25) is 10.3 Å². The zero-order valence-electron chi connectivity index (χ0n) is 8.20. The normalized spacial score (nSPS) is 13.5. The minimum atomic E-state index is 0.382. The topological polar surface area (TPSA) is 57.4 Å². The number of nitrogens with one attached hydrogen (secondary N) is 1. The molecule has 0 rings (SSSR count). The van der Waals surface area contributed by atoms with Gasteiger partial charge in [-0.15, -0.1) is 0 Å². The fraction of sp³-hybridized carbons (Fsp3) is 0.750. The lowest BCUT2D eigenvalue weighted by molar-refractivity contribution is 0.163. The van der Waals surface area contributed by atoms with Crippen LogP contribution in [0.5, 0.6) is 0 Å². The Hall–Kier alpha value is -0.730. The molecule has 0 radical (unpaired) electrons. The minimum absolute atomic E-state index is 0.382. The molecule has 0 aliphatic heterocycles. The van der Waals surface area contributed by atoms with Crippen LogP contribution in [-0.4, -0.2) is 31.7 Å². The lowest BCUT2D eigenvalue weighted by Gasteiger charge is -2.07. The van der Waals surface area contributed by atoms with E-state index < -0.39 is 0 Å². The van der Waals surface area contributed by atoms with Crippen LogP contribution >= 0.6 is 11.8 Å². The van der Waals surface area contributed by atoms with Crippen LogP contribution in [0.2, 0.25) is 0 Å². The first-order valence-corrected chi connectivity index (χ1v) is 5.19. The van der Waals surface area contributed by atoms with Gasteiger partial charge >= 0.3 is 0 Å². The highest BCUT2D eigenvalue weighted by Crippen LogP contribution is 1.99. The summed E-state index contributed by atoms with van der Waals surface area (Å²) in [5, 5.41) is 11.5. The van der Waals surface area contributed by atoms with Gasteiger partial charge in [-0.2, -0.15) is 5.26 Å². The number of hydrogen-bond acceptors (Lipinski definition) is 4. The maximum atomic E-state index is 8.36. The SMILES string of the molecule is COCC(C)CN=C(NC#N)SC. The molecule has 0 spiro atoms. The zero-order valence-corrected chi connectivity index (χ0v) is 9.02. The quantitative estimate of drug-likeness (QED) is 0.320. The molecule has 0 aliphatic carbocycles. The summed E-state index contributed by atoms with van der Waals surface area (Å²) in [6.45, 7) is 3.42. The second-order valence-corrected chi connectivity index (χ2v) is 3.44. The van der Waals surface area contributed by atoms with Crippen LogP contribution in [0.25, 0.3) is 0 Å². The van der Waals surface area contributed by atoms with Gasteiger partial charge in [-0.05, 0) is 12.2 Å². The van der Waals surface area contributed by atoms with E-state index in [2.05, 4.69) is 17.2 Å². The molecule has 0 fully saturated rings. The van der Waals surface area contributed by atoms with Crippen LogP contribution in [0, 0.1) is 17.4 Å². The van der Waals surface area contributed by atoms with Gasteiger partial charge in [0.2, 0.25) is 0 Å². The standard InChI is InChI=1S/C8H15N3OS/c1-7(5-12-2)4-10-8(13-3)11-6-9/h7H,4-5H2,1-3H3,(H,10,11). The predicted molar refractivity (Wildman–Crippen MR) is 55.6 cm³/mol. The van der Waals surface area contributed by atoms with Crippen molar-refractivity contribution in [2.24, 2.45) is 10.9 Å². The maximum Gasteiger partial charge on any atom is 0.183 e. The van der Waals surface area contributed by atoms with E-state index in [1.54, 1.807) is 7.11 Å². The summed E-state index contributed by atoms with van der Waals surface area (Å²) in [6.07, 6.45) is 3.72. The Bertz CT molecular complexity index is 200. The van der Waals surface area contributed by atoms with E-state index in [9.17, 15) is 0 Å². The second kappa shape index (κ2) is 7.90. The lowest BCUT2D eigenvalue weighted by Crippen LogP contribution is -2.16. The van der Waals surface area contributed by atoms with Crippen molar-refractivity contribution in [3.05, 3.63) is 0 Å². The highest BCUT2D eigenvalue weighted by molar-refractivity contribution is 8.13. The molecular weight excluding hydrogens is 186 g/mol. The maximum absolute atomic E-state index is 8.36. The molecule has 74 valence electrons. The average molecular weight is 201 g/mol. The Balaban J connectivity index is 3.85. The van der Waals surface area contributed by atoms with Gasteiger partial charge in [-0.1, -0.05) is 18.7 Å². The summed E-state index contributed by atoms with van der Waals surface area (Å²) in [4.78, 5) is 4.22. The monoisotopic (exact) mass is 201 g/mol. The molecule has 0 amide bonds. The minimum Gasteiger partial charge on any atom is -0.384 e. The van der Waals surface area contributed by atoms with E-state index in [0.717, 1.165) is 0 Å². The van der Waals surface area contributed by atoms with Gasteiger partial charge in [0.25, 0.3) is 0 Å². The Morgan fingerprint density at radius 2 is 2.46 bits per heavy atom. The van der Waals surface area contributed by atoms with Crippen molar-refractivity contribution in [1.82, 2.24) is 5.32 Å². The molecular formula is C8H15N3OS. The molecule has 13 heavy (non-hydrogen) atoms. The smallest absolute Gasteiger partial charge is 0.183 e. The number of methoxy groups -OCH3 is 1. The Labute approximate surface area is 83.4 Å². The third kappa shape index (κ3) is 6.43. The van der Waals surface area contributed by atoms with E-state index in [1.165, 1.54) is 11.8 Å². The van der Waals surface area contributed by atoms with Crippen molar-refractivity contribution in [3.8, 4) is 6.19 Å². The molecule has 0 aromatic rings. The fourth-order valence-electron chi connectivity index (χ4n) is 0.779. The molecule has 1 N–H and O–H groups in total. The number of hydrogen-bond donors (Lipinski definition) is 1. The lowest BCUT2D eigenvalue weighted by atomic mass is 10.2. The second-order valence-electron chi connectivity index (χ2n) is 2.65. The summed E-state index contributed by atoms with van der Waals surface area (Å²) in [5.74, 6) is 0.382. The summed E-state index contributed by atoms with van der Waals surface area (Å²) in [6, 6.07) is 0. The molecule has 0 saturated carbocycles. The highest BCUT2D eigenvalue weighted by Gasteiger charge is 2.00. The number of rotatable bonds is 4. The van der Waals surface area contributed by atoms with Crippen molar-refractivity contribution < 1.29 is 4.74 Å². The molecule has 0 aliphatic rings. The van der Waals surface area contributed by atoms with Gasteiger partial charge in [0.05, 0.1) is 6.61 Å². The van der Waals surface area contributed by atoms with Crippen LogP contribution in [-0.2, 0) is 4.74 Å². The molecule has 5 heteroatoms. The first kappa shape index (κ1) is 12.3. The van der Waals surface area contributed by atoms with Crippen LogP contribution in [0.4, 0.5) is 0 Å². The molecule has 0 saturated heterocycles. The number of ether oxygens (including phenoxy) is 1. The molecule has 4 nitrogen and oxygen atoms in total. The Morgan fingerprint density at radius 3 is 2.92 bits per heavy atom. The van der Waals surface area contributed by atoms with Crippen molar-refractivity contribution in [2.75, 3.05) is 26.5 Å². The number of amidine groups is 1. The van der Waals surface area contributed by atoms with E-state index in [-0.39, 0.29) is 0 Å². The highest BCUT2D eigenvalue weighted by atomic mass is 32.2. The fourth-order valence-corrected chi connectivity index (χ4v) is 1.13.